The number of rotatable bonds is 2. The van der Waals surface area contributed by atoms with Crippen LogP contribution in [0.15, 0.2) is 24.3 Å². The van der Waals surface area contributed by atoms with E-state index in [1.807, 2.05) is 31.2 Å². The Kier molecular flexibility index (Phi) is 3.57. The molecule has 1 aromatic rings. The Morgan fingerprint density at radius 2 is 2.12 bits per heavy atom. The monoisotopic (exact) mass is 219 g/mol. The van der Waals surface area contributed by atoms with Gasteiger partial charge in [-0.25, -0.2) is 0 Å². The first-order valence-electron chi connectivity index (χ1n) is 5.95. The van der Waals surface area contributed by atoms with Gasteiger partial charge in [-0.15, -0.1) is 0 Å². The zero-order chi connectivity index (χ0) is 11.4. The highest BCUT2D eigenvalue weighted by atomic mass is 16.1. The van der Waals surface area contributed by atoms with Gasteiger partial charge in [0.25, 0.3) is 5.91 Å². The van der Waals surface area contributed by atoms with Crippen molar-refractivity contribution in [1.29, 1.82) is 0 Å². The zero-order valence-electron chi connectivity index (χ0n) is 9.70. The summed E-state index contributed by atoms with van der Waals surface area (Å²) in [6, 6.07) is 8.10. The smallest absolute Gasteiger partial charge is 0.251 e. The number of quaternary nitrogens is 1. The van der Waals surface area contributed by atoms with Crippen LogP contribution in [-0.4, -0.2) is 25.0 Å². The summed E-state index contributed by atoms with van der Waals surface area (Å²) in [6.07, 6.45) is 2.16. The Morgan fingerprint density at radius 1 is 1.38 bits per heavy atom. The molecule has 0 bridgehead atoms. The van der Waals surface area contributed by atoms with Crippen molar-refractivity contribution in [2.75, 3.05) is 13.1 Å². The Bertz CT molecular complexity index is 370. The molecule has 1 fully saturated rings. The van der Waals surface area contributed by atoms with Gasteiger partial charge in [0.2, 0.25) is 0 Å². The van der Waals surface area contributed by atoms with Crippen molar-refractivity contribution >= 4 is 5.91 Å². The lowest BCUT2D eigenvalue weighted by molar-refractivity contribution is -0.663. The summed E-state index contributed by atoms with van der Waals surface area (Å²) in [5.41, 5.74) is 1.90. The number of aryl methyl sites for hydroxylation is 1. The first-order valence-corrected chi connectivity index (χ1v) is 5.95. The van der Waals surface area contributed by atoms with Crippen molar-refractivity contribution in [1.82, 2.24) is 5.32 Å². The molecule has 2 rings (SSSR count). The highest BCUT2D eigenvalue weighted by molar-refractivity contribution is 5.94. The van der Waals surface area contributed by atoms with Gasteiger partial charge in [0, 0.05) is 24.4 Å². The summed E-state index contributed by atoms with van der Waals surface area (Å²) in [7, 11) is 0. The molecule has 1 saturated heterocycles. The molecule has 0 saturated carbocycles. The predicted molar refractivity (Wildman–Crippen MR) is 63.3 cm³/mol. The van der Waals surface area contributed by atoms with E-state index in [0.717, 1.165) is 37.1 Å². The van der Waals surface area contributed by atoms with Gasteiger partial charge in [-0.1, -0.05) is 17.7 Å². The van der Waals surface area contributed by atoms with Crippen LogP contribution in [0.1, 0.15) is 28.8 Å². The summed E-state index contributed by atoms with van der Waals surface area (Å²) in [4.78, 5) is 11.9. The van der Waals surface area contributed by atoms with Crippen molar-refractivity contribution in [3.05, 3.63) is 35.4 Å². The molecular weight excluding hydrogens is 200 g/mol. The number of piperidine rings is 1. The number of hydrogen-bond donors (Lipinski definition) is 2. The highest BCUT2D eigenvalue weighted by Crippen LogP contribution is 2.06. The quantitative estimate of drug-likeness (QED) is 0.745. The van der Waals surface area contributed by atoms with Gasteiger partial charge >= 0.3 is 0 Å². The van der Waals surface area contributed by atoms with E-state index in [1.165, 1.54) is 0 Å². The first kappa shape index (κ1) is 11.1. The summed E-state index contributed by atoms with van der Waals surface area (Å²) in [6.45, 7) is 4.25. The number of nitrogens with one attached hydrogen (secondary N) is 1. The lowest BCUT2D eigenvalue weighted by atomic mass is 10.1. The van der Waals surface area contributed by atoms with E-state index < -0.39 is 0 Å². The Labute approximate surface area is 96.2 Å². The van der Waals surface area contributed by atoms with Crippen LogP contribution in [0.5, 0.6) is 0 Å². The molecule has 86 valence electrons. The fraction of sp³-hybridized carbons (Fsp3) is 0.462. The average Bonchev–Trinajstić information content (AvgIpc) is 2.30. The molecule has 1 amide bonds. The van der Waals surface area contributed by atoms with Crippen LogP contribution >= 0.6 is 0 Å². The molecule has 1 aliphatic rings. The number of benzene rings is 1. The van der Waals surface area contributed by atoms with Crippen LogP contribution < -0.4 is 10.6 Å². The van der Waals surface area contributed by atoms with Gasteiger partial charge in [0.15, 0.2) is 0 Å². The van der Waals surface area contributed by atoms with Crippen molar-refractivity contribution < 1.29 is 10.1 Å². The maximum absolute atomic E-state index is 11.9. The number of carbonyl (C=O) groups is 1. The van der Waals surface area contributed by atoms with E-state index >= 15 is 0 Å². The Hall–Kier alpha value is -1.35. The van der Waals surface area contributed by atoms with Gasteiger partial charge < -0.3 is 10.6 Å². The molecule has 0 aromatic heterocycles. The molecule has 1 aliphatic heterocycles. The molecule has 16 heavy (non-hydrogen) atoms. The predicted octanol–water partition coefficient (Wildman–Crippen LogP) is 0.451. The van der Waals surface area contributed by atoms with Gasteiger partial charge in [-0.2, -0.15) is 0 Å². The molecular formula is C13H19N2O+. The summed E-state index contributed by atoms with van der Waals surface area (Å²) < 4.78 is 0. The molecule has 3 heteroatoms. The molecule has 1 heterocycles. The fourth-order valence-electron chi connectivity index (χ4n) is 2.13. The standard InChI is InChI=1S/C13H18N2O/c1-10-3-2-4-11(9-10)13(16)15-12-5-7-14-8-6-12/h2-4,9,12,14H,5-8H2,1H3,(H,15,16)/p+1. The molecule has 3 N–H and O–H groups in total. The average molecular weight is 219 g/mol. The highest BCUT2D eigenvalue weighted by Gasteiger charge is 2.17. The minimum Gasteiger partial charge on any atom is -0.349 e. The van der Waals surface area contributed by atoms with Gasteiger partial charge in [0.1, 0.15) is 0 Å². The first-order chi connectivity index (χ1) is 7.75. The molecule has 0 radical (unpaired) electrons. The lowest BCUT2D eigenvalue weighted by Crippen LogP contribution is -2.87. The normalized spacial score (nSPS) is 17.1. The number of hydrogen-bond acceptors (Lipinski definition) is 1. The van der Waals surface area contributed by atoms with E-state index in [2.05, 4.69) is 10.6 Å². The van der Waals surface area contributed by atoms with Crippen LogP contribution in [0.25, 0.3) is 0 Å². The second kappa shape index (κ2) is 5.12. The van der Waals surface area contributed by atoms with Crippen LogP contribution in [-0.2, 0) is 0 Å². The van der Waals surface area contributed by atoms with Crippen LogP contribution in [0.4, 0.5) is 0 Å². The molecule has 0 spiro atoms. The maximum atomic E-state index is 11.9. The van der Waals surface area contributed by atoms with Crippen LogP contribution in [0.3, 0.4) is 0 Å². The summed E-state index contributed by atoms with van der Waals surface area (Å²) >= 11 is 0. The SMILES string of the molecule is Cc1cccc(C(=O)NC2CC[NH2+]CC2)c1. The van der Waals surface area contributed by atoms with Crippen molar-refractivity contribution in [3.63, 3.8) is 0 Å². The molecule has 3 nitrogen and oxygen atoms in total. The minimum atomic E-state index is 0.0654. The maximum Gasteiger partial charge on any atom is 0.251 e. The molecule has 1 aromatic carbocycles. The number of nitrogens with two attached hydrogens (primary N) is 1. The third-order valence-electron chi connectivity index (χ3n) is 3.05. The minimum absolute atomic E-state index is 0.0654. The number of amides is 1. The summed E-state index contributed by atoms with van der Waals surface area (Å²) in [5, 5.41) is 5.40. The molecule has 0 aliphatic carbocycles. The van der Waals surface area contributed by atoms with Gasteiger partial charge in [-0.05, 0) is 19.1 Å². The fourth-order valence-corrected chi connectivity index (χ4v) is 2.13. The lowest BCUT2D eigenvalue weighted by Gasteiger charge is -2.21. The van der Waals surface area contributed by atoms with Gasteiger partial charge in [0.05, 0.1) is 13.1 Å². The second-order valence-corrected chi connectivity index (χ2v) is 4.48. The molecule has 0 unspecified atom stereocenters. The van der Waals surface area contributed by atoms with E-state index in [9.17, 15) is 4.79 Å². The Balaban J connectivity index is 1.97. The third kappa shape index (κ3) is 2.83. The van der Waals surface area contributed by atoms with E-state index in [0.29, 0.717) is 6.04 Å². The van der Waals surface area contributed by atoms with E-state index in [-0.39, 0.29) is 5.91 Å². The van der Waals surface area contributed by atoms with E-state index in [1.54, 1.807) is 0 Å². The molecule has 0 atom stereocenters. The third-order valence-corrected chi connectivity index (χ3v) is 3.05. The zero-order valence-corrected chi connectivity index (χ0v) is 9.70. The summed E-state index contributed by atoms with van der Waals surface area (Å²) in [5.74, 6) is 0.0654. The van der Waals surface area contributed by atoms with Crippen molar-refractivity contribution in [2.45, 2.75) is 25.8 Å². The Morgan fingerprint density at radius 3 is 2.81 bits per heavy atom. The topological polar surface area (TPSA) is 45.7 Å². The van der Waals surface area contributed by atoms with Gasteiger partial charge in [-0.3, -0.25) is 4.79 Å². The van der Waals surface area contributed by atoms with E-state index in [4.69, 9.17) is 0 Å². The van der Waals surface area contributed by atoms with Crippen molar-refractivity contribution in [3.8, 4) is 0 Å². The number of carbonyl (C=O) groups excluding carboxylic acids is 1. The second-order valence-electron chi connectivity index (χ2n) is 4.48. The van der Waals surface area contributed by atoms with Crippen LogP contribution in [0, 0.1) is 6.92 Å². The van der Waals surface area contributed by atoms with Crippen molar-refractivity contribution in [2.24, 2.45) is 0 Å². The van der Waals surface area contributed by atoms with Crippen LogP contribution in [0.2, 0.25) is 0 Å². The largest absolute Gasteiger partial charge is 0.349 e.